The van der Waals surface area contributed by atoms with Crippen LogP contribution in [0.15, 0.2) is 24.3 Å². The van der Waals surface area contributed by atoms with Gasteiger partial charge in [-0.05, 0) is 37.6 Å². The molecule has 1 aromatic rings. The van der Waals surface area contributed by atoms with Gasteiger partial charge in [0.1, 0.15) is 5.75 Å². The largest absolute Gasteiger partial charge is 0.508 e. The van der Waals surface area contributed by atoms with Crippen LogP contribution in [0.4, 0.5) is 0 Å². The highest BCUT2D eigenvalue weighted by Crippen LogP contribution is 2.31. The first-order valence-electron chi connectivity index (χ1n) is 5.53. The average molecular weight is 206 g/mol. The standard InChI is InChI=1S/C12H18N2O/c13-11-6-8-14-7-5-9(11)10-3-1-2-4-12(10)15/h1-4,9,11,14-15H,5-8,13H2. The van der Waals surface area contributed by atoms with Crippen LogP contribution in [0.2, 0.25) is 0 Å². The lowest BCUT2D eigenvalue weighted by atomic mass is 9.88. The molecule has 1 aliphatic rings. The van der Waals surface area contributed by atoms with Crippen LogP contribution < -0.4 is 11.1 Å². The van der Waals surface area contributed by atoms with E-state index in [1.165, 1.54) is 0 Å². The topological polar surface area (TPSA) is 58.3 Å². The zero-order valence-electron chi connectivity index (χ0n) is 8.82. The van der Waals surface area contributed by atoms with Crippen molar-refractivity contribution in [3.8, 4) is 5.75 Å². The van der Waals surface area contributed by atoms with Gasteiger partial charge in [0.15, 0.2) is 0 Å². The van der Waals surface area contributed by atoms with Crippen LogP contribution in [0.25, 0.3) is 0 Å². The second kappa shape index (κ2) is 4.64. The molecule has 0 aliphatic carbocycles. The summed E-state index contributed by atoms with van der Waals surface area (Å²) in [6.07, 6.45) is 1.97. The van der Waals surface area contributed by atoms with Gasteiger partial charge in [0, 0.05) is 12.0 Å². The van der Waals surface area contributed by atoms with E-state index in [0.29, 0.717) is 5.75 Å². The zero-order chi connectivity index (χ0) is 10.7. The summed E-state index contributed by atoms with van der Waals surface area (Å²) in [5.74, 6) is 0.654. The SMILES string of the molecule is NC1CCNCCC1c1ccccc1O. The summed E-state index contributed by atoms with van der Waals surface area (Å²) in [5.41, 5.74) is 7.12. The van der Waals surface area contributed by atoms with Crippen molar-refractivity contribution in [2.45, 2.75) is 24.8 Å². The lowest BCUT2D eigenvalue weighted by Crippen LogP contribution is -2.28. The molecule has 1 saturated heterocycles. The molecule has 82 valence electrons. The molecule has 1 heterocycles. The third-order valence-corrected chi connectivity index (χ3v) is 3.14. The van der Waals surface area contributed by atoms with Gasteiger partial charge in [-0.25, -0.2) is 0 Å². The van der Waals surface area contributed by atoms with Crippen molar-refractivity contribution in [2.24, 2.45) is 5.73 Å². The molecule has 3 heteroatoms. The molecule has 0 radical (unpaired) electrons. The Labute approximate surface area is 90.3 Å². The Morgan fingerprint density at radius 1 is 1.20 bits per heavy atom. The minimum Gasteiger partial charge on any atom is -0.508 e. The molecule has 0 aromatic heterocycles. The number of rotatable bonds is 1. The molecule has 0 spiro atoms. The molecule has 0 saturated carbocycles. The zero-order valence-corrected chi connectivity index (χ0v) is 8.82. The third kappa shape index (κ3) is 2.30. The molecule has 15 heavy (non-hydrogen) atoms. The Morgan fingerprint density at radius 3 is 2.73 bits per heavy atom. The van der Waals surface area contributed by atoms with E-state index in [1.807, 2.05) is 18.2 Å². The maximum Gasteiger partial charge on any atom is 0.119 e. The number of hydrogen-bond donors (Lipinski definition) is 3. The predicted molar refractivity (Wildman–Crippen MR) is 60.9 cm³/mol. The Bertz CT molecular complexity index is 327. The average Bonchev–Trinajstić information content (AvgIpc) is 2.44. The van der Waals surface area contributed by atoms with E-state index in [9.17, 15) is 5.11 Å². The van der Waals surface area contributed by atoms with Gasteiger partial charge in [0.25, 0.3) is 0 Å². The molecule has 3 nitrogen and oxygen atoms in total. The molecule has 2 atom stereocenters. The van der Waals surface area contributed by atoms with Gasteiger partial charge < -0.3 is 16.2 Å². The van der Waals surface area contributed by atoms with Crippen molar-refractivity contribution in [1.29, 1.82) is 0 Å². The van der Waals surface area contributed by atoms with Crippen LogP contribution >= 0.6 is 0 Å². The van der Waals surface area contributed by atoms with E-state index in [1.54, 1.807) is 6.07 Å². The quantitative estimate of drug-likeness (QED) is 0.647. The number of nitrogens with two attached hydrogens (primary N) is 1. The maximum atomic E-state index is 9.80. The highest BCUT2D eigenvalue weighted by Gasteiger charge is 2.23. The second-order valence-electron chi connectivity index (χ2n) is 4.16. The summed E-state index contributed by atoms with van der Waals surface area (Å²) in [7, 11) is 0. The molecule has 0 amide bonds. The Morgan fingerprint density at radius 2 is 1.93 bits per heavy atom. The highest BCUT2D eigenvalue weighted by molar-refractivity contribution is 5.36. The van der Waals surface area contributed by atoms with Crippen molar-refractivity contribution in [3.63, 3.8) is 0 Å². The lowest BCUT2D eigenvalue weighted by Gasteiger charge is -2.22. The monoisotopic (exact) mass is 206 g/mol. The van der Waals surface area contributed by atoms with Crippen LogP contribution in [-0.4, -0.2) is 24.2 Å². The molecule has 1 fully saturated rings. The maximum absolute atomic E-state index is 9.80. The van der Waals surface area contributed by atoms with Crippen LogP contribution in [0.3, 0.4) is 0 Å². The van der Waals surface area contributed by atoms with Crippen LogP contribution in [-0.2, 0) is 0 Å². The van der Waals surface area contributed by atoms with E-state index in [4.69, 9.17) is 5.73 Å². The first-order chi connectivity index (χ1) is 7.29. The third-order valence-electron chi connectivity index (χ3n) is 3.14. The van der Waals surface area contributed by atoms with E-state index in [0.717, 1.165) is 31.5 Å². The normalized spacial score (nSPS) is 27.3. The number of para-hydroxylation sites is 1. The van der Waals surface area contributed by atoms with Crippen molar-refractivity contribution >= 4 is 0 Å². The molecular formula is C12H18N2O. The lowest BCUT2D eigenvalue weighted by molar-refractivity contribution is 0.442. The number of aromatic hydroxyl groups is 1. The number of benzene rings is 1. The fraction of sp³-hybridized carbons (Fsp3) is 0.500. The molecule has 1 aromatic carbocycles. The molecule has 4 N–H and O–H groups in total. The summed E-state index contributed by atoms with van der Waals surface area (Å²) < 4.78 is 0. The molecular weight excluding hydrogens is 188 g/mol. The van der Waals surface area contributed by atoms with Crippen molar-refractivity contribution < 1.29 is 5.11 Å². The Hall–Kier alpha value is -1.06. The first-order valence-corrected chi connectivity index (χ1v) is 5.53. The summed E-state index contributed by atoms with van der Waals surface area (Å²) in [5, 5.41) is 13.1. The molecule has 2 unspecified atom stereocenters. The smallest absolute Gasteiger partial charge is 0.119 e. The van der Waals surface area contributed by atoms with E-state index >= 15 is 0 Å². The van der Waals surface area contributed by atoms with Crippen LogP contribution in [0, 0.1) is 0 Å². The van der Waals surface area contributed by atoms with Crippen molar-refractivity contribution in [1.82, 2.24) is 5.32 Å². The van der Waals surface area contributed by atoms with E-state index in [-0.39, 0.29) is 12.0 Å². The summed E-state index contributed by atoms with van der Waals surface area (Å²) in [6.45, 7) is 1.96. The Kier molecular flexibility index (Phi) is 3.23. The van der Waals surface area contributed by atoms with Crippen molar-refractivity contribution in [3.05, 3.63) is 29.8 Å². The Balaban J connectivity index is 2.24. The van der Waals surface area contributed by atoms with Gasteiger partial charge in [0.05, 0.1) is 0 Å². The van der Waals surface area contributed by atoms with Gasteiger partial charge in [-0.1, -0.05) is 18.2 Å². The van der Waals surface area contributed by atoms with Gasteiger partial charge in [0.2, 0.25) is 0 Å². The molecule has 1 aliphatic heterocycles. The van der Waals surface area contributed by atoms with Crippen LogP contribution in [0.1, 0.15) is 24.3 Å². The van der Waals surface area contributed by atoms with Crippen LogP contribution in [0.5, 0.6) is 5.75 Å². The summed E-state index contributed by atoms with van der Waals surface area (Å²) in [4.78, 5) is 0. The fourth-order valence-electron chi connectivity index (χ4n) is 2.25. The van der Waals surface area contributed by atoms with Gasteiger partial charge in [-0.3, -0.25) is 0 Å². The van der Waals surface area contributed by atoms with Gasteiger partial charge in [-0.15, -0.1) is 0 Å². The summed E-state index contributed by atoms with van der Waals surface area (Å²) in [6, 6.07) is 7.67. The van der Waals surface area contributed by atoms with Gasteiger partial charge >= 0.3 is 0 Å². The highest BCUT2D eigenvalue weighted by atomic mass is 16.3. The summed E-state index contributed by atoms with van der Waals surface area (Å²) >= 11 is 0. The van der Waals surface area contributed by atoms with E-state index < -0.39 is 0 Å². The molecule has 0 bridgehead atoms. The number of nitrogens with one attached hydrogen (secondary N) is 1. The predicted octanol–water partition coefficient (Wildman–Crippen LogP) is 1.19. The number of phenolic OH excluding ortho intramolecular Hbond substituents is 1. The van der Waals surface area contributed by atoms with Crippen molar-refractivity contribution in [2.75, 3.05) is 13.1 Å². The second-order valence-corrected chi connectivity index (χ2v) is 4.16. The molecule has 2 rings (SSSR count). The van der Waals surface area contributed by atoms with E-state index in [2.05, 4.69) is 5.32 Å². The minimum absolute atomic E-state index is 0.147. The minimum atomic E-state index is 0.147. The number of phenols is 1. The first kappa shape index (κ1) is 10.5. The van der Waals surface area contributed by atoms with Gasteiger partial charge in [-0.2, -0.15) is 0 Å². The number of hydrogen-bond acceptors (Lipinski definition) is 3. The fourth-order valence-corrected chi connectivity index (χ4v) is 2.25.